The Hall–Kier alpha value is -2.28. The molecule has 1 heterocycles. The highest BCUT2D eigenvalue weighted by atomic mass is 32.2. The molecule has 7 heteroatoms. The average molecular weight is 307 g/mol. The van der Waals surface area contributed by atoms with Crippen LogP contribution in [0.1, 0.15) is 0 Å². The lowest BCUT2D eigenvalue weighted by Crippen LogP contribution is -2.31. The van der Waals surface area contributed by atoms with Crippen LogP contribution < -0.4 is 14.8 Å². The van der Waals surface area contributed by atoms with Crippen molar-refractivity contribution in [3.8, 4) is 5.75 Å². The summed E-state index contributed by atoms with van der Waals surface area (Å²) in [5, 5.41) is 0. The lowest BCUT2D eigenvalue weighted by atomic mass is 10.3. The number of hydrogen-bond acceptors (Lipinski definition) is 5. The molecule has 0 unspecified atom stereocenters. The second kappa shape index (κ2) is 6.45. The van der Waals surface area contributed by atoms with Gasteiger partial charge in [0.05, 0.1) is 5.69 Å². The van der Waals surface area contributed by atoms with Crippen molar-refractivity contribution in [1.82, 2.24) is 4.98 Å². The smallest absolute Gasteiger partial charge is 0.239 e. The van der Waals surface area contributed by atoms with Crippen molar-refractivity contribution in [2.45, 2.75) is 0 Å². The van der Waals surface area contributed by atoms with Gasteiger partial charge in [-0.2, -0.15) is 0 Å². The maximum absolute atomic E-state index is 12.2. The SMILES string of the molecule is CN(c1ccccn1)S(=O)(=O)CCOc1ccccc1N. The predicted octanol–water partition coefficient (Wildman–Crippen LogP) is 1.51. The first kappa shape index (κ1) is 15.1. The van der Waals surface area contributed by atoms with Crippen LogP contribution in [-0.4, -0.2) is 32.8 Å². The second-order valence-corrected chi connectivity index (χ2v) is 6.48. The summed E-state index contributed by atoms with van der Waals surface area (Å²) in [6.45, 7) is 0.0215. The summed E-state index contributed by atoms with van der Waals surface area (Å²) in [5.41, 5.74) is 6.21. The number of ether oxygens (including phenoxy) is 1. The van der Waals surface area contributed by atoms with Gasteiger partial charge in [-0.05, 0) is 24.3 Å². The van der Waals surface area contributed by atoms with Crippen molar-refractivity contribution in [2.75, 3.05) is 29.4 Å². The van der Waals surface area contributed by atoms with E-state index in [1.54, 1.807) is 48.7 Å². The number of aromatic nitrogens is 1. The van der Waals surface area contributed by atoms with Crippen LogP contribution in [0.2, 0.25) is 0 Å². The molecular weight excluding hydrogens is 290 g/mol. The van der Waals surface area contributed by atoms with E-state index in [2.05, 4.69) is 4.98 Å². The highest BCUT2D eigenvalue weighted by Crippen LogP contribution is 2.20. The zero-order valence-corrected chi connectivity index (χ0v) is 12.5. The van der Waals surface area contributed by atoms with Gasteiger partial charge in [0, 0.05) is 13.2 Å². The Morgan fingerprint density at radius 2 is 1.90 bits per heavy atom. The number of para-hydroxylation sites is 2. The highest BCUT2D eigenvalue weighted by molar-refractivity contribution is 7.92. The minimum atomic E-state index is -3.49. The van der Waals surface area contributed by atoms with Crippen LogP contribution in [-0.2, 0) is 10.0 Å². The Bertz CT molecular complexity index is 690. The molecule has 0 aliphatic rings. The molecule has 112 valence electrons. The Morgan fingerprint density at radius 3 is 2.57 bits per heavy atom. The molecule has 0 radical (unpaired) electrons. The number of nitrogens with zero attached hydrogens (tertiary/aromatic N) is 2. The van der Waals surface area contributed by atoms with Gasteiger partial charge < -0.3 is 10.5 Å². The zero-order chi connectivity index (χ0) is 15.3. The molecule has 0 atom stereocenters. The van der Waals surface area contributed by atoms with Crippen molar-refractivity contribution in [2.24, 2.45) is 0 Å². The molecule has 2 aromatic rings. The molecule has 0 saturated heterocycles. The van der Waals surface area contributed by atoms with Crippen molar-refractivity contribution in [3.63, 3.8) is 0 Å². The average Bonchev–Trinajstić information content (AvgIpc) is 2.49. The molecule has 0 spiro atoms. The van der Waals surface area contributed by atoms with E-state index in [0.29, 0.717) is 17.3 Å². The van der Waals surface area contributed by atoms with E-state index in [4.69, 9.17) is 10.5 Å². The van der Waals surface area contributed by atoms with Crippen LogP contribution in [0.4, 0.5) is 11.5 Å². The molecule has 0 aliphatic heterocycles. The molecule has 2 rings (SSSR count). The van der Waals surface area contributed by atoms with Crippen molar-refractivity contribution in [3.05, 3.63) is 48.7 Å². The van der Waals surface area contributed by atoms with E-state index < -0.39 is 10.0 Å². The summed E-state index contributed by atoms with van der Waals surface area (Å²) in [7, 11) is -2.02. The van der Waals surface area contributed by atoms with Gasteiger partial charge in [-0.1, -0.05) is 18.2 Å². The summed E-state index contributed by atoms with van der Waals surface area (Å²) >= 11 is 0. The van der Waals surface area contributed by atoms with E-state index in [1.807, 2.05) is 0 Å². The minimum absolute atomic E-state index is 0.0215. The fourth-order valence-corrected chi connectivity index (χ4v) is 2.65. The summed E-state index contributed by atoms with van der Waals surface area (Å²) in [6.07, 6.45) is 1.54. The zero-order valence-electron chi connectivity index (χ0n) is 11.6. The Kier molecular flexibility index (Phi) is 4.64. The quantitative estimate of drug-likeness (QED) is 0.818. The monoisotopic (exact) mass is 307 g/mol. The molecule has 0 amide bonds. The van der Waals surface area contributed by atoms with E-state index in [9.17, 15) is 8.42 Å². The maximum atomic E-state index is 12.2. The van der Waals surface area contributed by atoms with Crippen LogP contribution >= 0.6 is 0 Å². The first-order valence-corrected chi connectivity index (χ1v) is 7.96. The number of benzene rings is 1. The highest BCUT2D eigenvalue weighted by Gasteiger charge is 2.19. The predicted molar refractivity (Wildman–Crippen MR) is 82.8 cm³/mol. The fourth-order valence-electron chi connectivity index (χ4n) is 1.69. The van der Waals surface area contributed by atoms with Gasteiger partial charge >= 0.3 is 0 Å². The molecule has 0 bridgehead atoms. The molecule has 0 fully saturated rings. The van der Waals surface area contributed by atoms with Gasteiger partial charge in [-0.25, -0.2) is 13.4 Å². The van der Waals surface area contributed by atoms with Gasteiger partial charge in [0.15, 0.2) is 0 Å². The number of pyridine rings is 1. The first-order chi connectivity index (χ1) is 10.0. The molecular formula is C14H17N3O3S. The number of nitrogens with two attached hydrogens (primary N) is 1. The second-order valence-electron chi connectivity index (χ2n) is 4.36. The van der Waals surface area contributed by atoms with Crippen molar-refractivity contribution in [1.29, 1.82) is 0 Å². The van der Waals surface area contributed by atoms with E-state index in [0.717, 1.165) is 4.31 Å². The molecule has 0 saturated carbocycles. The van der Waals surface area contributed by atoms with Gasteiger partial charge in [0.1, 0.15) is 23.9 Å². The largest absolute Gasteiger partial charge is 0.490 e. The first-order valence-electron chi connectivity index (χ1n) is 6.35. The number of nitrogen functional groups attached to an aromatic ring is 1. The van der Waals surface area contributed by atoms with E-state index in [-0.39, 0.29) is 12.4 Å². The normalized spacial score (nSPS) is 11.1. The number of sulfonamides is 1. The van der Waals surface area contributed by atoms with Crippen LogP contribution in [0.15, 0.2) is 48.7 Å². The van der Waals surface area contributed by atoms with Gasteiger partial charge in [0.2, 0.25) is 10.0 Å². The van der Waals surface area contributed by atoms with Gasteiger partial charge in [-0.15, -0.1) is 0 Å². The van der Waals surface area contributed by atoms with Gasteiger partial charge in [-0.3, -0.25) is 4.31 Å². The molecule has 21 heavy (non-hydrogen) atoms. The standard InChI is InChI=1S/C14H17N3O3S/c1-17(14-8-4-5-9-16-14)21(18,19)11-10-20-13-7-3-2-6-12(13)15/h2-9H,10-11,15H2,1H3. The molecule has 6 nitrogen and oxygen atoms in total. The number of hydrogen-bond donors (Lipinski definition) is 1. The molecule has 2 N–H and O–H groups in total. The van der Waals surface area contributed by atoms with E-state index >= 15 is 0 Å². The number of anilines is 2. The molecule has 0 aliphatic carbocycles. The van der Waals surface area contributed by atoms with Crippen LogP contribution in [0.3, 0.4) is 0 Å². The summed E-state index contributed by atoms with van der Waals surface area (Å²) in [6, 6.07) is 12.1. The van der Waals surface area contributed by atoms with Crippen molar-refractivity contribution >= 4 is 21.5 Å². The Balaban J connectivity index is 1.97. The Labute approximate surface area is 124 Å². The van der Waals surface area contributed by atoms with Crippen LogP contribution in [0.25, 0.3) is 0 Å². The third-order valence-corrected chi connectivity index (χ3v) is 4.61. The van der Waals surface area contributed by atoms with Crippen molar-refractivity contribution < 1.29 is 13.2 Å². The lowest BCUT2D eigenvalue weighted by Gasteiger charge is -2.18. The lowest BCUT2D eigenvalue weighted by molar-refractivity contribution is 0.342. The van der Waals surface area contributed by atoms with E-state index in [1.165, 1.54) is 7.05 Å². The van der Waals surface area contributed by atoms with Gasteiger partial charge in [0.25, 0.3) is 0 Å². The summed E-state index contributed by atoms with van der Waals surface area (Å²) < 4.78 is 30.9. The molecule has 1 aromatic heterocycles. The van der Waals surface area contributed by atoms with Crippen LogP contribution in [0, 0.1) is 0 Å². The molecule has 1 aromatic carbocycles. The van der Waals surface area contributed by atoms with Crippen LogP contribution in [0.5, 0.6) is 5.75 Å². The topological polar surface area (TPSA) is 85.5 Å². The maximum Gasteiger partial charge on any atom is 0.239 e. The third kappa shape index (κ3) is 3.85. The number of rotatable bonds is 6. The summed E-state index contributed by atoms with van der Waals surface area (Å²) in [5.74, 6) is 0.693. The fraction of sp³-hybridized carbons (Fsp3) is 0.214. The summed E-state index contributed by atoms with van der Waals surface area (Å²) in [4.78, 5) is 4.01. The third-order valence-electron chi connectivity index (χ3n) is 2.91. The Morgan fingerprint density at radius 1 is 1.19 bits per heavy atom. The minimum Gasteiger partial charge on any atom is -0.490 e.